The number of rotatable bonds is 4. The molecule has 0 amide bonds. The van der Waals surface area contributed by atoms with E-state index in [4.69, 9.17) is 9.84 Å². The van der Waals surface area contributed by atoms with Crippen LogP contribution in [-0.2, 0) is 11.2 Å². The van der Waals surface area contributed by atoms with Crippen LogP contribution in [0.3, 0.4) is 0 Å². The Balaban J connectivity index is 2.63. The monoisotopic (exact) mass is 248 g/mol. The summed E-state index contributed by atoms with van der Waals surface area (Å²) in [5.41, 5.74) is 2.16. The van der Waals surface area contributed by atoms with Gasteiger partial charge in [-0.05, 0) is 11.6 Å². The maximum Gasteiger partial charge on any atom is 0.307 e. The van der Waals surface area contributed by atoms with E-state index in [0.29, 0.717) is 11.3 Å². The van der Waals surface area contributed by atoms with E-state index in [1.807, 2.05) is 13.8 Å². The smallest absolute Gasteiger partial charge is 0.307 e. The molecule has 0 unspecified atom stereocenters. The van der Waals surface area contributed by atoms with Gasteiger partial charge in [0, 0.05) is 5.92 Å². The van der Waals surface area contributed by atoms with Crippen molar-refractivity contribution in [3.05, 3.63) is 23.5 Å². The van der Waals surface area contributed by atoms with Crippen LogP contribution in [0.2, 0.25) is 0 Å². The van der Waals surface area contributed by atoms with Gasteiger partial charge < -0.3 is 14.8 Å². The van der Waals surface area contributed by atoms with Crippen molar-refractivity contribution >= 4 is 17.0 Å². The zero-order valence-corrected chi connectivity index (χ0v) is 10.7. The molecule has 5 heteroatoms. The number of hydrogen-bond acceptors (Lipinski definition) is 3. The molecule has 0 fully saturated rings. The van der Waals surface area contributed by atoms with Crippen molar-refractivity contribution < 1.29 is 14.6 Å². The highest BCUT2D eigenvalue weighted by molar-refractivity contribution is 5.88. The minimum absolute atomic E-state index is 0.0276. The molecule has 0 aliphatic heterocycles. The average molecular weight is 248 g/mol. The van der Waals surface area contributed by atoms with Crippen LogP contribution < -0.4 is 4.74 Å². The standard InChI is InChI=1S/C13H16N2O3/c1-7(2)13-14-11-8(6-10(16)17)4-5-9(18-3)12(11)15-13/h4-5,7H,6H2,1-3H3,(H,14,15)(H,16,17). The van der Waals surface area contributed by atoms with E-state index in [-0.39, 0.29) is 12.3 Å². The highest BCUT2D eigenvalue weighted by Gasteiger charge is 2.15. The van der Waals surface area contributed by atoms with Crippen molar-refractivity contribution in [2.75, 3.05) is 7.11 Å². The molecule has 0 spiro atoms. The third kappa shape index (κ3) is 2.16. The molecular formula is C13H16N2O3. The van der Waals surface area contributed by atoms with Crippen molar-refractivity contribution in [2.24, 2.45) is 0 Å². The van der Waals surface area contributed by atoms with Gasteiger partial charge in [-0.15, -0.1) is 0 Å². The summed E-state index contributed by atoms with van der Waals surface area (Å²) in [6.07, 6.45) is -0.0276. The molecule has 0 aliphatic rings. The Morgan fingerprint density at radius 1 is 1.50 bits per heavy atom. The number of aliphatic carboxylic acids is 1. The molecular weight excluding hydrogens is 232 g/mol. The van der Waals surface area contributed by atoms with Crippen molar-refractivity contribution in [3.8, 4) is 5.75 Å². The fourth-order valence-electron chi connectivity index (χ4n) is 1.89. The van der Waals surface area contributed by atoms with Crippen molar-refractivity contribution in [3.63, 3.8) is 0 Å². The van der Waals surface area contributed by atoms with Gasteiger partial charge >= 0.3 is 5.97 Å². The Kier molecular flexibility index (Phi) is 3.23. The van der Waals surface area contributed by atoms with Crippen molar-refractivity contribution in [1.82, 2.24) is 9.97 Å². The first-order valence-electron chi connectivity index (χ1n) is 5.80. The topological polar surface area (TPSA) is 75.2 Å². The zero-order chi connectivity index (χ0) is 13.3. The van der Waals surface area contributed by atoms with E-state index in [1.54, 1.807) is 19.2 Å². The largest absolute Gasteiger partial charge is 0.494 e. The minimum Gasteiger partial charge on any atom is -0.494 e. The van der Waals surface area contributed by atoms with Gasteiger partial charge in [-0.2, -0.15) is 0 Å². The zero-order valence-electron chi connectivity index (χ0n) is 10.7. The lowest BCUT2D eigenvalue weighted by atomic mass is 10.1. The van der Waals surface area contributed by atoms with Crippen LogP contribution in [0.25, 0.3) is 11.0 Å². The van der Waals surface area contributed by atoms with Crippen LogP contribution in [0.5, 0.6) is 5.75 Å². The predicted molar refractivity (Wildman–Crippen MR) is 68.1 cm³/mol. The quantitative estimate of drug-likeness (QED) is 0.870. The number of methoxy groups -OCH3 is 1. The second-order valence-electron chi connectivity index (χ2n) is 4.50. The van der Waals surface area contributed by atoms with Crippen LogP contribution in [-0.4, -0.2) is 28.2 Å². The van der Waals surface area contributed by atoms with Gasteiger partial charge in [0.15, 0.2) is 0 Å². The lowest BCUT2D eigenvalue weighted by molar-refractivity contribution is -0.136. The van der Waals surface area contributed by atoms with Gasteiger partial charge in [0.1, 0.15) is 17.1 Å². The normalized spacial score (nSPS) is 11.1. The highest BCUT2D eigenvalue weighted by atomic mass is 16.5. The number of imidazole rings is 1. The highest BCUT2D eigenvalue weighted by Crippen LogP contribution is 2.28. The summed E-state index contributed by atoms with van der Waals surface area (Å²) in [4.78, 5) is 18.5. The third-order valence-corrected chi connectivity index (χ3v) is 2.82. The molecule has 1 heterocycles. The Labute approximate surface area is 105 Å². The average Bonchev–Trinajstić information content (AvgIpc) is 2.74. The lowest BCUT2D eigenvalue weighted by Crippen LogP contribution is -2.01. The summed E-state index contributed by atoms with van der Waals surface area (Å²) in [5.74, 6) is 0.880. The van der Waals surface area contributed by atoms with E-state index in [9.17, 15) is 4.79 Å². The van der Waals surface area contributed by atoms with E-state index < -0.39 is 5.97 Å². The number of carboxylic acids is 1. The third-order valence-electron chi connectivity index (χ3n) is 2.82. The summed E-state index contributed by atoms with van der Waals surface area (Å²) in [7, 11) is 1.58. The van der Waals surface area contributed by atoms with Gasteiger partial charge in [0.2, 0.25) is 0 Å². The molecule has 0 radical (unpaired) electrons. The van der Waals surface area contributed by atoms with Crippen LogP contribution in [0.15, 0.2) is 12.1 Å². The Hall–Kier alpha value is -2.04. The maximum atomic E-state index is 10.8. The van der Waals surface area contributed by atoms with Gasteiger partial charge in [-0.3, -0.25) is 4.79 Å². The maximum absolute atomic E-state index is 10.8. The molecule has 0 saturated carbocycles. The number of fused-ring (bicyclic) bond motifs is 1. The summed E-state index contributed by atoms with van der Waals surface area (Å²) < 4.78 is 5.25. The van der Waals surface area contributed by atoms with Crippen molar-refractivity contribution in [2.45, 2.75) is 26.2 Å². The minimum atomic E-state index is -0.859. The molecule has 0 aliphatic carbocycles. The Bertz CT molecular complexity index is 587. The Morgan fingerprint density at radius 3 is 2.78 bits per heavy atom. The van der Waals surface area contributed by atoms with Gasteiger partial charge in [0.05, 0.1) is 19.0 Å². The SMILES string of the molecule is COc1ccc(CC(=O)O)c2[nH]c(C(C)C)nc12. The van der Waals surface area contributed by atoms with Gasteiger partial charge in [-0.1, -0.05) is 19.9 Å². The lowest BCUT2D eigenvalue weighted by Gasteiger charge is -2.03. The molecule has 18 heavy (non-hydrogen) atoms. The first-order valence-corrected chi connectivity index (χ1v) is 5.80. The summed E-state index contributed by atoms with van der Waals surface area (Å²) in [6, 6.07) is 3.52. The number of aromatic nitrogens is 2. The van der Waals surface area contributed by atoms with Crippen LogP contribution in [0, 0.1) is 0 Å². The molecule has 2 N–H and O–H groups in total. The molecule has 2 aromatic rings. The number of H-pyrrole nitrogens is 1. The molecule has 5 nitrogen and oxygen atoms in total. The summed E-state index contributed by atoms with van der Waals surface area (Å²) in [5, 5.41) is 8.90. The fraction of sp³-hybridized carbons (Fsp3) is 0.385. The second-order valence-corrected chi connectivity index (χ2v) is 4.50. The number of nitrogens with one attached hydrogen (secondary N) is 1. The van der Waals surface area contributed by atoms with Crippen LogP contribution >= 0.6 is 0 Å². The fourth-order valence-corrected chi connectivity index (χ4v) is 1.89. The first-order chi connectivity index (χ1) is 8.52. The molecule has 2 rings (SSSR count). The summed E-state index contributed by atoms with van der Waals surface area (Å²) >= 11 is 0. The summed E-state index contributed by atoms with van der Waals surface area (Å²) in [6.45, 7) is 4.06. The van der Waals surface area contributed by atoms with E-state index in [0.717, 1.165) is 16.9 Å². The molecule has 0 saturated heterocycles. The molecule has 96 valence electrons. The first kappa shape index (κ1) is 12.4. The van der Waals surface area contributed by atoms with Crippen LogP contribution in [0.4, 0.5) is 0 Å². The Morgan fingerprint density at radius 2 is 2.22 bits per heavy atom. The van der Waals surface area contributed by atoms with Crippen molar-refractivity contribution in [1.29, 1.82) is 0 Å². The van der Waals surface area contributed by atoms with Gasteiger partial charge in [-0.25, -0.2) is 4.98 Å². The molecule has 0 atom stereocenters. The van der Waals surface area contributed by atoms with E-state index in [2.05, 4.69) is 9.97 Å². The number of carboxylic acid groups (broad SMARTS) is 1. The number of carbonyl (C=O) groups is 1. The van der Waals surface area contributed by atoms with Crippen LogP contribution in [0.1, 0.15) is 31.2 Å². The number of ether oxygens (including phenoxy) is 1. The molecule has 1 aromatic heterocycles. The molecule has 0 bridgehead atoms. The number of nitrogens with zero attached hydrogens (tertiary/aromatic N) is 1. The predicted octanol–water partition coefficient (Wildman–Crippen LogP) is 2.32. The van der Waals surface area contributed by atoms with E-state index >= 15 is 0 Å². The second kappa shape index (κ2) is 4.68. The number of aromatic amines is 1. The van der Waals surface area contributed by atoms with Gasteiger partial charge in [0.25, 0.3) is 0 Å². The molecule has 1 aromatic carbocycles. The number of hydrogen-bond donors (Lipinski definition) is 2. The van der Waals surface area contributed by atoms with E-state index in [1.165, 1.54) is 0 Å². The number of benzene rings is 1.